The number of carbonyl (C=O) groups is 2. The Balaban J connectivity index is 1.40. The normalized spacial score (nSPS) is 19.6. The second kappa shape index (κ2) is 6.72. The smallest absolute Gasteiger partial charge is 0.336 e. The topological polar surface area (TPSA) is 91.6 Å². The highest BCUT2D eigenvalue weighted by molar-refractivity contribution is 5.94. The highest BCUT2D eigenvalue weighted by Crippen LogP contribution is 2.32. The largest absolute Gasteiger partial charge is 0.423 e. The highest BCUT2D eigenvalue weighted by atomic mass is 16.4. The summed E-state index contributed by atoms with van der Waals surface area (Å²) in [6.07, 6.45) is 2.71. The molecular weight excluding hydrogens is 346 g/mol. The average molecular weight is 369 g/mol. The highest BCUT2D eigenvalue weighted by Gasteiger charge is 2.39. The molecule has 3 amide bonds. The molecule has 2 aliphatic rings. The van der Waals surface area contributed by atoms with E-state index in [1.807, 2.05) is 24.8 Å². The van der Waals surface area contributed by atoms with Gasteiger partial charge >= 0.3 is 11.7 Å². The van der Waals surface area contributed by atoms with E-state index in [-0.39, 0.29) is 23.5 Å². The predicted molar refractivity (Wildman–Crippen MR) is 102 cm³/mol. The van der Waals surface area contributed by atoms with Crippen LogP contribution in [0.3, 0.4) is 0 Å². The first kappa shape index (κ1) is 17.6. The van der Waals surface area contributed by atoms with Crippen molar-refractivity contribution < 1.29 is 14.0 Å². The van der Waals surface area contributed by atoms with E-state index in [9.17, 15) is 14.4 Å². The van der Waals surface area contributed by atoms with Crippen LogP contribution in [0.4, 0.5) is 10.5 Å². The number of amides is 3. The number of urea groups is 1. The van der Waals surface area contributed by atoms with Crippen LogP contribution in [0.1, 0.15) is 30.4 Å². The molecule has 0 bridgehead atoms. The SMILES string of the molecule is Cc1cc2oc(=O)cc(C)c2cc1NC(=O)NC[C@@H]1CC(=O)N(C2CC2)C1. The fraction of sp³-hybridized carbons (Fsp3) is 0.450. The zero-order chi connectivity index (χ0) is 19.1. The number of anilines is 1. The van der Waals surface area contributed by atoms with E-state index in [0.29, 0.717) is 30.3 Å². The quantitative estimate of drug-likeness (QED) is 0.810. The minimum Gasteiger partial charge on any atom is -0.423 e. The van der Waals surface area contributed by atoms with Crippen molar-refractivity contribution in [1.82, 2.24) is 10.2 Å². The van der Waals surface area contributed by atoms with Gasteiger partial charge in [-0.1, -0.05) is 0 Å². The minimum absolute atomic E-state index is 0.165. The summed E-state index contributed by atoms with van der Waals surface area (Å²) in [6, 6.07) is 5.13. The molecule has 1 saturated heterocycles. The van der Waals surface area contributed by atoms with Gasteiger partial charge in [-0.15, -0.1) is 0 Å². The van der Waals surface area contributed by atoms with Crippen molar-refractivity contribution in [2.24, 2.45) is 5.92 Å². The van der Waals surface area contributed by atoms with Gasteiger partial charge in [0.1, 0.15) is 5.58 Å². The number of likely N-dealkylation sites (tertiary alicyclic amines) is 1. The third kappa shape index (κ3) is 3.67. The number of hydrogen-bond acceptors (Lipinski definition) is 4. The van der Waals surface area contributed by atoms with Gasteiger partial charge in [-0.05, 0) is 49.9 Å². The van der Waals surface area contributed by atoms with E-state index in [1.54, 1.807) is 6.07 Å². The molecule has 4 rings (SSSR count). The Kier molecular flexibility index (Phi) is 4.37. The van der Waals surface area contributed by atoms with Gasteiger partial charge in [-0.2, -0.15) is 0 Å². The van der Waals surface area contributed by atoms with Crippen molar-refractivity contribution in [2.45, 2.75) is 39.2 Å². The summed E-state index contributed by atoms with van der Waals surface area (Å²) in [7, 11) is 0. The van der Waals surface area contributed by atoms with Crippen molar-refractivity contribution >= 4 is 28.6 Å². The van der Waals surface area contributed by atoms with Crippen LogP contribution in [-0.4, -0.2) is 36.0 Å². The molecule has 1 aromatic carbocycles. The maximum atomic E-state index is 12.3. The van der Waals surface area contributed by atoms with Crippen LogP contribution in [-0.2, 0) is 4.79 Å². The van der Waals surface area contributed by atoms with Gasteiger partial charge in [0.15, 0.2) is 0 Å². The Morgan fingerprint density at radius 1 is 1.19 bits per heavy atom. The first-order chi connectivity index (χ1) is 12.9. The summed E-state index contributed by atoms with van der Waals surface area (Å²) in [4.78, 5) is 37.8. The third-order valence-electron chi connectivity index (χ3n) is 5.32. The minimum atomic E-state index is -0.385. The van der Waals surface area contributed by atoms with Crippen molar-refractivity contribution in [3.05, 3.63) is 39.7 Å². The molecule has 2 aromatic rings. The Hall–Kier alpha value is -2.83. The molecule has 1 atom stereocenters. The number of fused-ring (bicyclic) bond motifs is 1. The molecule has 7 nitrogen and oxygen atoms in total. The fourth-order valence-corrected chi connectivity index (χ4v) is 3.69. The van der Waals surface area contributed by atoms with Crippen molar-refractivity contribution in [3.8, 4) is 0 Å². The van der Waals surface area contributed by atoms with Gasteiger partial charge in [-0.3, -0.25) is 4.79 Å². The lowest BCUT2D eigenvalue weighted by Gasteiger charge is -2.16. The number of hydrogen-bond donors (Lipinski definition) is 2. The Bertz CT molecular complexity index is 977. The number of nitrogens with one attached hydrogen (secondary N) is 2. The van der Waals surface area contributed by atoms with Crippen LogP contribution < -0.4 is 16.3 Å². The van der Waals surface area contributed by atoms with Gasteiger partial charge < -0.3 is 20.0 Å². The van der Waals surface area contributed by atoms with Crippen LogP contribution in [0.5, 0.6) is 0 Å². The number of aryl methyl sites for hydroxylation is 2. The van der Waals surface area contributed by atoms with Crippen molar-refractivity contribution in [2.75, 3.05) is 18.4 Å². The molecule has 2 fully saturated rings. The monoisotopic (exact) mass is 369 g/mol. The third-order valence-corrected chi connectivity index (χ3v) is 5.32. The van der Waals surface area contributed by atoms with E-state index < -0.39 is 0 Å². The van der Waals surface area contributed by atoms with Crippen LogP contribution >= 0.6 is 0 Å². The standard InChI is InChI=1S/C20H23N3O4/c1-11-6-19(25)27-17-5-12(2)16(8-15(11)17)22-20(26)21-9-13-7-18(24)23(10-13)14-3-4-14/h5-6,8,13-14H,3-4,7,9-10H2,1-2H3,(H2,21,22,26)/t13-/m0/s1. The Labute approximate surface area is 156 Å². The maximum Gasteiger partial charge on any atom is 0.336 e. The average Bonchev–Trinajstić information content (AvgIpc) is 3.37. The van der Waals surface area contributed by atoms with Crippen LogP contribution in [0.15, 0.2) is 27.4 Å². The first-order valence-electron chi connectivity index (χ1n) is 9.30. The molecule has 7 heteroatoms. The first-order valence-corrected chi connectivity index (χ1v) is 9.30. The van der Waals surface area contributed by atoms with E-state index in [2.05, 4.69) is 10.6 Å². The molecule has 2 heterocycles. The molecule has 1 aromatic heterocycles. The van der Waals surface area contributed by atoms with Gasteiger partial charge in [0, 0.05) is 48.6 Å². The fourth-order valence-electron chi connectivity index (χ4n) is 3.69. The van der Waals surface area contributed by atoms with Gasteiger partial charge in [0.25, 0.3) is 0 Å². The lowest BCUT2D eigenvalue weighted by atomic mass is 10.1. The zero-order valence-corrected chi connectivity index (χ0v) is 15.5. The predicted octanol–water partition coefficient (Wildman–Crippen LogP) is 2.54. The van der Waals surface area contributed by atoms with Gasteiger partial charge in [-0.25, -0.2) is 9.59 Å². The molecule has 1 aliphatic carbocycles. The van der Waals surface area contributed by atoms with E-state index in [1.165, 1.54) is 6.07 Å². The molecule has 0 unspecified atom stereocenters. The number of benzene rings is 1. The molecule has 1 aliphatic heterocycles. The van der Waals surface area contributed by atoms with Gasteiger partial charge in [0.05, 0.1) is 0 Å². The number of nitrogens with zero attached hydrogens (tertiary/aromatic N) is 1. The molecule has 1 saturated carbocycles. The summed E-state index contributed by atoms with van der Waals surface area (Å²) < 4.78 is 5.22. The second-order valence-electron chi connectivity index (χ2n) is 7.59. The lowest BCUT2D eigenvalue weighted by Crippen LogP contribution is -2.34. The Morgan fingerprint density at radius 3 is 2.70 bits per heavy atom. The van der Waals surface area contributed by atoms with E-state index >= 15 is 0 Å². The number of rotatable bonds is 4. The van der Waals surface area contributed by atoms with Crippen LogP contribution in [0.25, 0.3) is 11.0 Å². The molecular formula is C20H23N3O4. The summed E-state index contributed by atoms with van der Waals surface area (Å²) in [5, 5.41) is 6.52. The molecule has 0 spiro atoms. The summed E-state index contributed by atoms with van der Waals surface area (Å²) in [6.45, 7) is 4.89. The van der Waals surface area contributed by atoms with Crippen molar-refractivity contribution in [3.63, 3.8) is 0 Å². The van der Waals surface area contributed by atoms with Crippen LogP contribution in [0.2, 0.25) is 0 Å². The zero-order valence-electron chi connectivity index (χ0n) is 15.5. The van der Waals surface area contributed by atoms with E-state index in [4.69, 9.17) is 4.42 Å². The summed E-state index contributed by atoms with van der Waals surface area (Å²) >= 11 is 0. The summed E-state index contributed by atoms with van der Waals surface area (Å²) in [5.74, 6) is 0.366. The van der Waals surface area contributed by atoms with Crippen LogP contribution in [0, 0.1) is 19.8 Å². The lowest BCUT2D eigenvalue weighted by molar-refractivity contribution is -0.128. The second-order valence-corrected chi connectivity index (χ2v) is 7.59. The molecule has 2 N–H and O–H groups in total. The maximum absolute atomic E-state index is 12.3. The van der Waals surface area contributed by atoms with E-state index in [0.717, 1.165) is 35.9 Å². The van der Waals surface area contributed by atoms with Crippen molar-refractivity contribution in [1.29, 1.82) is 0 Å². The van der Waals surface area contributed by atoms with Gasteiger partial charge in [0.2, 0.25) is 5.91 Å². The molecule has 27 heavy (non-hydrogen) atoms. The Morgan fingerprint density at radius 2 is 1.96 bits per heavy atom. The summed E-state index contributed by atoms with van der Waals surface area (Å²) in [5.41, 5.74) is 2.40. The molecule has 142 valence electrons. The molecule has 0 radical (unpaired) electrons. The number of carbonyl (C=O) groups excluding carboxylic acids is 2.